The molecule has 5 rings (SSSR count). The minimum Gasteiger partial charge on any atom is -0.344 e. The van der Waals surface area contributed by atoms with Crippen LogP contribution in [0.15, 0.2) is 0 Å². The van der Waals surface area contributed by atoms with Gasteiger partial charge >= 0.3 is 0 Å². The molecule has 2 aromatic rings. The lowest BCUT2D eigenvalue weighted by Crippen LogP contribution is -2.64. The van der Waals surface area contributed by atoms with Crippen molar-refractivity contribution in [2.45, 2.75) is 312 Å². The fourth-order valence-corrected chi connectivity index (χ4v) is 14.1. The van der Waals surface area contributed by atoms with Gasteiger partial charge in [-0.2, -0.15) is 45.1 Å². The van der Waals surface area contributed by atoms with Crippen LogP contribution < -0.4 is 24.5 Å². The third kappa shape index (κ3) is 18.2. The van der Waals surface area contributed by atoms with Crippen LogP contribution in [-0.4, -0.2) is 163 Å². The van der Waals surface area contributed by atoms with Crippen LogP contribution >= 0.6 is 0 Å². The van der Waals surface area contributed by atoms with Gasteiger partial charge in [0.2, 0.25) is 29.7 Å². The normalized spacial score (nSPS) is 20.4. The third-order valence-electron chi connectivity index (χ3n) is 17.2. The molecule has 3 fully saturated rings. The summed E-state index contributed by atoms with van der Waals surface area (Å²) < 4.78 is 0. The smallest absolute Gasteiger partial charge is 0.232 e. The number of rotatable bonds is 34. The largest absolute Gasteiger partial charge is 0.344 e. The molecule has 0 radical (unpaired) electrons. The van der Waals surface area contributed by atoms with E-state index in [1.54, 1.807) is 0 Å². The van der Waals surface area contributed by atoms with E-state index in [1.807, 2.05) is 0 Å². The number of nitrogens with zero attached hydrogens (tertiary/aromatic N) is 14. The molecule has 0 N–H and O–H groups in total. The summed E-state index contributed by atoms with van der Waals surface area (Å²) in [5.41, 5.74) is -1.33. The molecule has 3 aliphatic heterocycles. The van der Waals surface area contributed by atoms with Crippen LogP contribution in [0.1, 0.15) is 259 Å². The number of hydrogen-bond donors (Lipinski definition) is 0. The van der Waals surface area contributed by atoms with Crippen LogP contribution in [0.2, 0.25) is 0 Å². The first-order chi connectivity index (χ1) is 38.1. The Labute approximate surface area is 495 Å². The van der Waals surface area contributed by atoms with Gasteiger partial charge in [0.05, 0.1) is 19.8 Å². The van der Waals surface area contributed by atoms with E-state index >= 15 is 0 Å². The third-order valence-corrected chi connectivity index (χ3v) is 17.2. The van der Waals surface area contributed by atoms with Gasteiger partial charge in [0, 0.05) is 97.7 Å². The molecule has 0 amide bonds. The van der Waals surface area contributed by atoms with Crippen LogP contribution in [0, 0.1) is 6.92 Å². The molecular weight excluding hydrogens is 1010 g/mol. The molecule has 3 aliphatic rings. The predicted octanol–water partition coefficient (Wildman–Crippen LogP) is 13.8. The van der Waals surface area contributed by atoms with E-state index in [0.29, 0.717) is 13.2 Å². The Morgan fingerprint density at radius 2 is 0.630 bits per heavy atom. The molecule has 0 saturated carbocycles. The molecule has 81 heavy (non-hydrogen) atoms. The van der Waals surface area contributed by atoms with Crippen LogP contribution in [0.25, 0.3) is 0 Å². The van der Waals surface area contributed by atoms with Gasteiger partial charge in [-0.25, -0.2) is 0 Å². The maximum Gasteiger partial charge on any atom is 0.232 e. The summed E-state index contributed by atoms with van der Waals surface area (Å²) in [7, 11) is 2.16. The second-order valence-electron chi connectivity index (χ2n) is 28.3. The number of unbranched alkanes of at least 4 members (excludes halogenated alkanes) is 5. The molecule has 0 aromatic carbocycles. The molecule has 0 aliphatic carbocycles. The van der Waals surface area contributed by atoms with E-state index in [2.05, 4.69) is 185 Å². The minimum absolute atomic E-state index is 0.154. The van der Waals surface area contributed by atoms with Gasteiger partial charge in [-0.05, 0) is 186 Å². The van der Waals surface area contributed by atoms with Gasteiger partial charge in [-0.15, -0.1) is 0 Å². The summed E-state index contributed by atoms with van der Waals surface area (Å²) in [6.07, 6.45) is 19.0. The van der Waals surface area contributed by atoms with Gasteiger partial charge < -0.3 is 24.5 Å². The lowest BCUT2D eigenvalue weighted by molar-refractivity contribution is -0.282. The van der Waals surface area contributed by atoms with E-state index in [1.165, 1.54) is 0 Å². The highest BCUT2D eigenvalue weighted by atomic mass is 16.7. The number of anilines is 5. The molecular formula is C64H122N14O3. The first-order valence-corrected chi connectivity index (χ1v) is 32.7. The lowest BCUT2D eigenvalue weighted by atomic mass is 9.78. The van der Waals surface area contributed by atoms with E-state index in [-0.39, 0.29) is 51.4 Å². The first kappa shape index (κ1) is 68.6. The standard InChI is InChI=1S/C64H122N14O3/c1-22-29-35-71(21)54-67-55(72(36-30-23-2)37-31-24-3)69-58(68-54)75(53-48-63(17,18)78(81-43-28-7)64(19,20)49-53)40-34-33-39-74(52-46-61(13,14)77(80-42-27-6)62(15,16)47-52)57-66-50(8)65-56(70-57)73(38-32-25-4)51-44-59(9,10)76(79-41-26-5)60(11,12)45-51/h51-53H,22-49H2,1-21H3. The van der Waals surface area contributed by atoms with Gasteiger partial charge in [-0.1, -0.05) is 74.1 Å². The van der Waals surface area contributed by atoms with Crippen LogP contribution in [0.3, 0.4) is 0 Å². The Kier molecular flexibility index (Phi) is 25.6. The van der Waals surface area contributed by atoms with Crippen molar-refractivity contribution in [1.82, 2.24) is 45.1 Å². The Hall–Kier alpha value is -3.22. The summed E-state index contributed by atoms with van der Waals surface area (Å²) in [5.74, 6) is 4.68. The van der Waals surface area contributed by atoms with Crippen molar-refractivity contribution in [3.8, 4) is 0 Å². The molecule has 0 spiro atoms. The topological polar surface area (TPSA) is 131 Å². The quantitative estimate of drug-likeness (QED) is 0.0615. The zero-order chi connectivity index (χ0) is 60.0. The van der Waals surface area contributed by atoms with Crippen LogP contribution in [-0.2, 0) is 14.5 Å². The number of hydroxylamine groups is 6. The molecule has 3 saturated heterocycles. The maximum atomic E-state index is 6.63. The molecule has 2 aromatic heterocycles. The van der Waals surface area contributed by atoms with Crippen molar-refractivity contribution >= 4 is 29.7 Å². The predicted molar refractivity (Wildman–Crippen MR) is 339 cm³/mol. The number of aromatic nitrogens is 6. The SMILES string of the molecule is CCCCN(C)c1nc(N(CCCC)CCCC)nc(N(CCCCN(c2nc(C)nc(N(CCCC)C3CC(C)(C)N(OCCC)C(C)(C)C3)n2)C2CC(C)(C)N(OCCC)C(C)(C)C2)C2CC(C)(C)N(OCCC)C(C)(C)C2)n1. The number of piperidine rings is 3. The van der Waals surface area contributed by atoms with Gasteiger partial charge in [0.15, 0.2) is 0 Å². The monoisotopic (exact) mass is 1130 g/mol. The van der Waals surface area contributed by atoms with Crippen molar-refractivity contribution in [2.75, 3.05) is 90.6 Å². The molecule has 0 atom stereocenters. The van der Waals surface area contributed by atoms with Gasteiger partial charge in [-0.3, -0.25) is 14.5 Å². The molecule has 466 valence electrons. The maximum absolute atomic E-state index is 6.63. The fourth-order valence-electron chi connectivity index (χ4n) is 14.1. The molecule has 17 nitrogen and oxygen atoms in total. The van der Waals surface area contributed by atoms with Gasteiger partial charge in [0.1, 0.15) is 5.82 Å². The van der Waals surface area contributed by atoms with Crippen molar-refractivity contribution in [2.24, 2.45) is 0 Å². The van der Waals surface area contributed by atoms with Crippen LogP contribution in [0.4, 0.5) is 29.7 Å². The van der Waals surface area contributed by atoms with E-state index < -0.39 is 0 Å². The average Bonchev–Trinajstić information content (AvgIpc) is 3.38. The second-order valence-corrected chi connectivity index (χ2v) is 28.3. The summed E-state index contributed by atoms with van der Waals surface area (Å²) >= 11 is 0. The highest BCUT2D eigenvalue weighted by molar-refractivity contribution is 5.48. The highest BCUT2D eigenvalue weighted by Crippen LogP contribution is 2.45. The van der Waals surface area contributed by atoms with Crippen LogP contribution in [0.5, 0.6) is 0 Å². The van der Waals surface area contributed by atoms with E-state index in [4.69, 9.17) is 44.4 Å². The van der Waals surface area contributed by atoms with E-state index in [9.17, 15) is 0 Å². The Morgan fingerprint density at radius 1 is 0.358 bits per heavy atom. The van der Waals surface area contributed by atoms with Crippen molar-refractivity contribution in [3.05, 3.63) is 5.82 Å². The average molecular weight is 1140 g/mol. The second kappa shape index (κ2) is 30.2. The highest BCUT2D eigenvalue weighted by Gasteiger charge is 2.51. The number of aryl methyl sites for hydroxylation is 1. The van der Waals surface area contributed by atoms with Crippen molar-refractivity contribution in [1.29, 1.82) is 0 Å². The first-order valence-electron chi connectivity index (χ1n) is 32.7. The number of hydrogen-bond acceptors (Lipinski definition) is 17. The molecule has 17 heteroatoms. The molecule has 5 heterocycles. The van der Waals surface area contributed by atoms with Crippen molar-refractivity contribution in [3.63, 3.8) is 0 Å². The minimum atomic E-state index is -0.241. The summed E-state index contributed by atoms with van der Waals surface area (Å²) in [4.78, 5) is 64.8. The fraction of sp³-hybridized carbons (Fsp3) is 0.906. The van der Waals surface area contributed by atoms with E-state index in [0.717, 1.165) is 203 Å². The lowest BCUT2D eigenvalue weighted by Gasteiger charge is -2.56. The summed E-state index contributed by atoms with van der Waals surface area (Å²) in [6, 6.07) is 0.539. The zero-order valence-corrected chi connectivity index (χ0v) is 56.0. The Bertz CT molecular complexity index is 2110. The molecule has 0 unspecified atom stereocenters. The van der Waals surface area contributed by atoms with Crippen molar-refractivity contribution < 1.29 is 14.5 Å². The Balaban J connectivity index is 1.62. The van der Waals surface area contributed by atoms with Gasteiger partial charge in [0.25, 0.3) is 0 Å². The Morgan fingerprint density at radius 3 is 0.963 bits per heavy atom. The summed E-state index contributed by atoms with van der Waals surface area (Å²) in [5, 5.41) is 6.90. The summed E-state index contributed by atoms with van der Waals surface area (Å²) in [6.45, 7) is 53.3. The molecule has 0 bridgehead atoms. The zero-order valence-electron chi connectivity index (χ0n) is 56.0.